The Hall–Kier alpha value is 0.537. The summed E-state index contributed by atoms with van der Waals surface area (Å²) in [5.41, 5.74) is 0. The van der Waals surface area contributed by atoms with E-state index in [1.54, 1.807) is 6.08 Å². The number of rotatable bonds is 1. The fourth-order valence-corrected chi connectivity index (χ4v) is 0.694. The predicted octanol–water partition coefficient (Wildman–Crippen LogP) is 1.89. The van der Waals surface area contributed by atoms with E-state index in [1.165, 1.54) is 0 Å². The Morgan fingerprint density at radius 3 is 2.17 bits per heavy atom. The molecule has 3 heteroatoms. The van der Waals surface area contributed by atoms with Gasteiger partial charge in [-0.3, -0.25) is 0 Å². The fourth-order valence-electron chi connectivity index (χ4n) is 0.0772. The standard InChI is InChI=1S/C3H3Cl2Si/c4-3(5)1-2-6/h1H,2H2. The molecule has 0 nitrogen and oxygen atoms in total. The van der Waals surface area contributed by atoms with E-state index in [0.717, 1.165) is 0 Å². The molecule has 0 fully saturated rings. The monoisotopic (exact) mass is 137 g/mol. The largest absolute Gasteiger partial charge is 0.102 e. The maximum absolute atomic E-state index is 5.17. The highest BCUT2D eigenvalue weighted by atomic mass is 35.5. The number of halogens is 2. The maximum Gasteiger partial charge on any atom is 0.102 e. The summed E-state index contributed by atoms with van der Waals surface area (Å²) >= 11 is 10.3. The summed E-state index contributed by atoms with van der Waals surface area (Å²) in [6.45, 7) is 0. The van der Waals surface area contributed by atoms with Crippen molar-refractivity contribution in [2.24, 2.45) is 0 Å². The predicted molar refractivity (Wildman–Crippen MR) is 30.3 cm³/mol. The van der Waals surface area contributed by atoms with E-state index in [-0.39, 0.29) is 0 Å². The van der Waals surface area contributed by atoms with Gasteiger partial charge in [-0.1, -0.05) is 29.3 Å². The van der Waals surface area contributed by atoms with Crippen molar-refractivity contribution in [2.75, 3.05) is 0 Å². The van der Waals surface area contributed by atoms with Crippen LogP contribution in [0.5, 0.6) is 0 Å². The number of allylic oxidation sites excluding steroid dienone is 1. The van der Waals surface area contributed by atoms with Gasteiger partial charge in [-0.05, 0) is 6.04 Å². The van der Waals surface area contributed by atoms with Crippen LogP contribution in [0.25, 0.3) is 0 Å². The Bertz CT molecular complexity index is 55.8. The molecule has 0 aromatic rings. The van der Waals surface area contributed by atoms with Crippen LogP contribution in [0.1, 0.15) is 0 Å². The zero-order chi connectivity index (χ0) is 4.99. The van der Waals surface area contributed by atoms with Crippen LogP contribution >= 0.6 is 23.2 Å². The Morgan fingerprint density at radius 1 is 1.67 bits per heavy atom. The van der Waals surface area contributed by atoms with Gasteiger partial charge in [0.05, 0.1) is 0 Å². The van der Waals surface area contributed by atoms with Gasteiger partial charge in [-0.25, -0.2) is 0 Å². The van der Waals surface area contributed by atoms with Gasteiger partial charge in [-0.2, -0.15) is 0 Å². The lowest BCUT2D eigenvalue weighted by Gasteiger charge is -1.73. The van der Waals surface area contributed by atoms with Crippen LogP contribution in [0.4, 0.5) is 0 Å². The minimum atomic E-state index is 0.310. The summed E-state index contributed by atoms with van der Waals surface area (Å²) in [6.07, 6.45) is 1.65. The second-order valence-corrected chi connectivity index (χ2v) is 2.11. The molecule has 6 heavy (non-hydrogen) atoms. The Morgan fingerprint density at radius 2 is 2.17 bits per heavy atom. The Labute approximate surface area is 50.6 Å². The molecule has 0 saturated heterocycles. The minimum Gasteiger partial charge on any atom is -0.0713 e. The van der Waals surface area contributed by atoms with Crippen molar-refractivity contribution < 1.29 is 0 Å². The van der Waals surface area contributed by atoms with Gasteiger partial charge >= 0.3 is 0 Å². The first-order valence-corrected chi connectivity index (χ1v) is 2.89. The van der Waals surface area contributed by atoms with Crippen LogP contribution in [0.3, 0.4) is 0 Å². The fraction of sp³-hybridized carbons (Fsp3) is 0.333. The average molecular weight is 138 g/mol. The average Bonchev–Trinajstić information content (AvgIpc) is 1.35. The van der Waals surface area contributed by atoms with Crippen molar-refractivity contribution in [1.82, 2.24) is 0 Å². The highest BCUT2D eigenvalue weighted by Gasteiger charge is 1.74. The quantitative estimate of drug-likeness (QED) is 0.485. The molecule has 0 bridgehead atoms. The highest BCUT2D eigenvalue weighted by Crippen LogP contribution is 2.05. The van der Waals surface area contributed by atoms with Gasteiger partial charge in [0.1, 0.15) is 4.49 Å². The smallest absolute Gasteiger partial charge is 0.0713 e. The number of hydrogen-bond acceptors (Lipinski definition) is 0. The van der Waals surface area contributed by atoms with E-state index in [1.807, 2.05) is 0 Å². The molecule has 33 valence electrons. The van der Waals surface area contributed by atoms with Gasteiger partial charge in [0.15, 0.2) is 0 Å². The summed E-state index contributed by atoms with van der Waals surface area (Å²) in [5.74, 6) is 0. The van der Waals surface area contributed by atoms with Crippen molar-refractivity contribution in [3.63, 3.8) is 0 Å². The zero-order valence-corrected chi connectivity index (χ0v) is 5.55. The van der Waals surface area contributed by atoms with Crippen LogP contribution in [0.15, 0.2) is 10.6 Å². The molecule has 0 aromatic carbocycles. The molecular formula is C3H3Cl2Si. The summed E-state index contributed by atoms with van der Waals surface area (Å²) in [5, 5.41) is 0. The summed E-state index contributed by atoms with van der Waals surface area (Å²) < 4.78 is 0.310. The van der Waals surface area contributed by atoms with Crippen molar-refractivity contribution >= 4 is 33.4 Å². The van der Waals surface area contributed by atoms with Gasteiger partial charge in [-0.15, -0.1) is 0 Å². The lowest BCUT2D eigenvalue weighted by Crippen LogP contribution is -1.55. The molecule has 0 rings (SSSR count). The van der Waals surface area contributed by atoms with Crippen LogP contribution in [0.2, 0.25) is 6.04 Å². The topological polar surface area (TPSA) is 0 Å². The maximum atomic E-state index is 5.17. The van der Waals surface area contributed by atoms with E-state index in [2.05, 4.69) is 10.2 Å². The molecule has 0 saturated carbocycles. The molecule has 3 radical (unpaired) electrons. The first-order valence-electron chi connectivity index (χ1n) is 1.43. The van der Waals surface area contributed by atoms with E-state index in [0.29, 0.717) is 10.5 Å². The van der Waals surface area contributed by atoms with Crippen LogP contribution < -0.4 is 0 Å². The van der Waals surface area contributed by atoms with Crippen molar-refractivity contribution in [1.29, 1.82) is 0 Å². The van der Waals surface area contributed by atoms with Crippen molar-refractivity contribution in [2.45, 2.75) is 6.04 Å². The van der Waals surface area contributed by atoms with E-state index in [4.69, 9.17) is 23.2 Å². The van der Waals surface area contributed by atoms with Gasteiger partial charge < -0.3 is 0 Å². The lowest BCUT2D eigenvalue weighted by molar-refractivity contribution is 1.73. The van der Waals surface area contributed by atoms with E-state index < -0.39 is 0 Å². The molecule has 0 amide bonds. The van der Waals surface area contributed by atoms with E-state index >= 15 is 0 Å². The normalized spacial score (nSPS) is 7.83. The molecule has 0 spiro atoms. The van der Waals surface area contributed by atoms with E-state index in [9.17, 15) is 0 Å². The SMILES string of the molecule is [Si]CC=C(Cl)Cl. The third-order valence-electron chi connectivity index (χ3n) is 0.256. The van der Waals surface area contributed by atoms with Crippen LogP contribution in [0, 0.1) is 0 Å². The molecule has 0 aliphatic heterocycles. The molecule has 0 N–H and O–H groups in total. The van der Waals surface area contributed by atoms with Gasteiger partial charge in [0, 0.05) is 10.2 Å². The molecule has 0 aliphatic carbocycles. The van der Waals surface area contributed by atoms with Crippen LogP contribution in [-0.2, 0) is 0 Å². The molecule has 0 atom stereocenters. The molecule has 0 heterocycles. The summed E-state index contributed by atoms with van der Waals surface area (Å²) in [7, 11) is 3.15. The van der Waals surface area contributed by atoms with Crippen molar-refractivity contribution in [3.05, 3.63) is 10.6 Å². The van der Waals surface area contributed by atoms with Gasteiger partial charge in [0.2, 0.25) is 0 Å². The molecule has 0 aliphatic rings. The second-order valence-electron chi connectivity index (χ2n) is 0.698. The van der Waals surface area contributed by atoms with Crippen LogP contribution in [-0.4, -0.2) is 10.2 Å². The van der Waals surface area contributed by atoms with Crippen molar-refractivity contribution in [3.8, 4) is 0 Å². The number of hydrogen-bond donors (Lipinski definition) is 0. The first-order chi connectivity index (χ1) is 2.77. The summed E-state index contributed by atoms with van der Waals surface area (Å²) in [4.78, 5) is 0. The first kappa shape index (κ1) is 6.54. The highest BCUT2D eigenvalue weighted by molar-refractivity contribution is 6.56. The molecular weight excluding hydrogens is 135 g/mol. The molecule has 0 unspecified atom stereocenters. The summed E-state index contributed by atoms with van der Waals surface area (Å²) in [6, 6.07) is 0.711. The zero-order valence-electron chi connectivity index (χ0n) is 3.04. The lowest BCUT2D eigenvalue weighted by atomic mass is 10.8. The van der Waals surface area contributed by atoms with Gasteiger partial charge in [0.25, 0.3) is 0 Å². The molecule has 0 aromatic heterocycles. The Kier molecular flexibility index (Phi) is 4.05. The third-order valence-corrected chi connectivity index (χ3v) is 0.769. The minimum absolute atomic E-state index is 0.310. The Balaban J connectivity index is 3.14. The second kappa shape index (κ2) is 3.72. The third kappa shape index (κ3) is 4.54.